The fourth-order valence-corrected chi connectivity index (χ4v) is 3.28. The van der Waals surface area contributed by atoms with Gasteiger partial charge in [-0.15, -0.1) is 0 Å². The number of hydrogen-bond donors (Lipinski definition) is 0. The highest BCUT2D eigenvalue weighted by molar-refractivity contribution is 6.03. The summed E-state index contributed by atoms with van der Waals surface area (Å²) in [5.41, 5.74) is 1.05. The molecule has 1 saturated carbocycles. The Balaban J connectivity index is 1.95. The number of carbonyl (C=O) groups excluding carboxylic acids is 2. The molecule has 2 aromatic rings. The molecule has 106 valence electrons. The summed E-state index contributed by atoms with van der Waals surface area (Å²) in [5, 5.41) is 0. The van der Waals surface area contributed by atoms with Gasteiger partial charge in [0.25, 0.3) is 0 Å². The lowest BCUT2D eigenvalue weighted by Gasteiger charge is -2.27. The number of hydrogen-bond acceptors (Lipinski definition) is 2. The smallest absolute Gasteiger partial charge is 0.164 e. The highest BCUT2D eigenvalue weighted by atomic mass is 16.1. The fourth-order valence-electron chi connectivity index (χ4n) is 3.28. The molecule has 0 bridgehead atoms. The molecule has 1 aliphatic carbocycles. The molecule has 0 saturated heterocycles. The van der Waals surface area contributed by atoms with Crippen molar-refractivity contribution in [1.82, 2.24) is 0 Å². The van der Waals surface area contributed by atoms with Crippen molar-refractivity contribution >= 4 is 11.6 Å². The lowest BCUT2D eigenvalue weighted by molar-refractivity contribution is -0.122. The van der Waals surface area contributed by atoms with Gasteiger partial charge < -0.3 is 0 Å². The van der Waals surface area contributed by atoms with Crippen LogP contribution in [0.5, 0.6) is 0 Å². The third kappa shape index (κ3) is 2.54. The second kappa shape index (κ2) is 5.65. The Hall–Kier alpha value is -2.22. The second-order valence-electron chi connectivity index (χ2n) is 5.69. The van der Waals surface area contributed by atoms with E-state index in [4.69, 9.17) is 0 Å². The first-order chi connectivity index (χ1) is 10.2. The Kier molecular flexibility index (Phi) is 3.70. The Morgan fingerprint density at radius 1 is 0.952 bits per heavy atom. The van der Waals surface area contributed by atoms with Crippen molar-refractivity contribution in [2.24, 2.45) is 0 Å². The molecule has 2 nitrogen and oxygen atoms in total. The number of carbonyl (C=O) groups is 2. The molecule has 1 atom stereocenters. The van der Waals surface area contributed by atoms with E-state index in [1.807, 2.05) is 60.7 Å². The molecular weight excluding hydrogens is 260 g/mol. The number of benzene rings is 2. The summed E-state index contributed by atoms with van der Waals surface area (Å²) in [4.78, 5) is 25.1. The molecular formula is C19H18O2. The van der Waals surface area contributed by atoms with Crippen LogP contribution in [0.1, 0.15) is 41.6 Å². The summed E-state index contributed by atoms with van der Waals surface area (Å²) in [6, 6.07) is 19.0. The van der Waals surface area contributed by atoms with Crippen LogP contribution in [-0.4, -0.2) is 11.6 Å². The maximum absolute atomic E-state index is 12.6. The van der Waals surface area contributed by atoms with Crippen LogP contribution in [0.15, 0.2) is 60.7 Å². The van der Waals surface area contributed by atoms with Crippen LogP contribution in [0.4, 0.5) is 0 Å². The lowest BCUT2D eigenvalue weighted by atomic mass is 9.73. The lowest BCUT2D eigenvalue weighted by Crippen LogP contribution is -2.33. The standard InChI is InChI=1S/C19H18O2/c20-17(15-8-3-1-4-9-15)14-19(13-7-12-18(19)21)16-10-5-2-6-11-16/h1-6,8-11H,7,12-14H2. The van der Waals surface area contributed by atoms with E-state index in [9.17, 15) is 9.59 Å². The fraction of sp³-hybridized carbons (Fsp3) is 0.263. The second-order valence-corrected chi connectivity index (χ2v) is 5.69. The van der Waals surface area contributed by atoms with Crippen LogP contribution < -0.4 is 0 Å². The average molecular weight is 278 g/mol. The van der Waals surface area contributed by atoms with Crippen LogP contribution in [-0.2, 0) is 10.2 Å². The zero-order valence-corrected chi connectivity index (χ0v) is 11.9. The zero-order valence-electron chi connectivity index (χ0n) is 11.9. The van der Waals surface area contributed by atoms with Gasteiger partial charge in [-0.1, -0.05) is 60.7 Å². The van der Waals surface area contributed by atoms with Gasteiger partial charge in [0.2, 0.25) is 0 Å². The molecule has 0 radical (unpaired) electrons. The number of Topliss-reactive ketones (excluding diaryl/α,β-unsaturated/α-hetero) is 2. The van der Waals surface area contributed by atoms with E-state index in [2.05, 4.69) is 0 Å². The van der Waals surface area contributed by atoms with Gasteiger partial charge >= 0.3 is 0 Å². The maximum Gasteiger partial charge on any atom is 0.164 e. The third-order valence-electron chi connectivity index (χ3n) is 4.43. The van der Waals surface area contributed by atoms with Gasteiger partial charge in [-0.2, -0.15) is 0 Å². The number of ketones is 2. The van der Waals surface area contributed by atoms with E-state index < -0.39 is 5.41 Å². The molecule has 3 rings (SSSR count). The first kappa shape index (κ1) is 13.7. The van der Waals surface area contributed by atoms with Gasteiger partial charge in [-0.25, -0.2) is 0 Å². The van der Waals surface area contributed by atoms with E-state index >= 15 is 0 Å². The van der Waals surface area contributed by atoms with Crippen LogP contribution in [0, 0.1) is 0 Å². The van der Waals surface area contributed by atoms with Crippen molar-refractivity contribution in [1.29, 1.82) is 0 Å². The topological polar surface area (TPSA) is 34.1 Å². The van der Waals surface area contributed by atoms with Crippen molar-refractivity contribution in [2.75, 3.05) is 0 Å². The van der Waals surface area contributed by atoms with Gasteiger partial charge in [0.05, 0.1) is 5.41 Å². The maximum atomic E-state index is 12.6. The van der Waals surface area contributed by atoms with Crippen LogP contribution >= 0.6 is 0 Å². The SMILES string of the molecule is O=C(CC1(c2ccccc2)CCCC1=O)c1ccccc1. The molecule has 1 unspecified atom stereocenters. The molecule has 0 aliphatic heterocycles. The van der Waals surface area contributed by atoms with Crippen LogP contribution in [0.3, 0.4) is 0 Å². The molecule has 1 aliphatic rings. The van der Waals surface area contributed by atoms with E-state index in [1.54, 1.807) is 0 Å². The molecule has 21 heavy (non-hydrogen) atoms. The predicted octanol–water partition coefficient (Wildman–Crippen LogP) is 3.95. The monoisotopic (exact) mass is 278 g/mol. The van der Waals surface area contributed by atoms with E-state index in [0.29, 0.717) is 12.0 Å². The third-order valence-corrected chi connectivity index (χ3v) is 4.43. The highest BCUT2D eigenvalue weighted by Crippen LogP contribution is 2.41. The van der Waals surface area contributed by atoms with Crippen molar-refractivity contribution in [2.45, 2.75) is 31.1 Å². The summed E-state index contributed by atoms with van der Waals surface area (Å²) < 4.78 is 0. The van der Waals surface area contributed by atoms with Gasteiger partial charge in [-0.05, 0) is 18.4 Å². The van der Waals surface area contributed by atoms with Crippen molar-refractivity contribution in [3.8, 4) is 0 Å². The summed E-state index contributed by atoms with van der Waals surface area (Å²) in [7, 11) is 0. The van der Waals surface area contributed by atoms with Gasteiger partial charge in [-0.3, -0.25) is 9.59 Å². The summed E-state index contributed by atoms with van der Waals surface area (Å²) in [6.07, 6.45) is 2.50. The van der Waals surface area contributed by atoms with Crippen molar-refractivity contribution in [3.05, 3.63) is 71.8 Å². The Labute approximate surface area is 124 Å². The molecule has 2 heteroatoms. The minimum absolute atomic E-state index is 0.0507. The van der Waals surface area contributed by atoms with Gasteiger partial charge in [0.1, 0.15) is 5.78 Å². The highest BCUT2D eigenvalue weighted by Gasteiger charge is 2.44. The van der Waals surface area contributed by atoms with Crippen LogP contribution in [0.25, 0.3) is 0 Å². The molecule has 0 amide bonds. The summed E-state index contributed by atoms with van der Waals surface area (Å²) in [5.74, 6) is 0.257. The van der Waals surface area contributed by atoms with E-state index in [0.717, 1.165) is 18.4 Å². The van der Waals surface area contributed by atoms with Crippen molar-refractivity contribution in [3.63, 3.8) is 0 Å². The van der Waals surface area contributed by atoms with E-state index in [1.165, 1.54) is 0 Å². The largest absolute Gasteiger partial charge is 0.299 e. The predicted molar refractivity (Wildman–Crippen MR) is 82.4 cm³/mol. The molecule has 0 N–H and O–H groups in total. The quantitative estimate of drug-likeness (QED) is 0.793. The average Bonchev–Trinajstić information content (AvgIpc) is 2.91. The molecule has 0 aromatic heterocycles. The zero-order chi connectivity index (χ0) is 14.7. The summed E-state index contributed by atoms with van der Waals surface area (Å²) >= 11 is 0. The molecule has 2 aromatic carbocycles. The van der Waals surface area contributed by atoms with Crippen LogP contribution in [0.2, 0.25) is 0 Å². The Morgan fingerprint density at radius 2 is 1.57 bits per heavy atom. The Bertz CT molecular complexity index is 646. The first-order valence-electron chi connectivity index (χ1n) is 7.39. The Morgan fingerprint density at radius 3 is 2.14 bits per heavy atom. The molecule has 0 heterocycles. The first-order valence-corrected chi connectivity index (χ1v) is 7.39. The van der Waals surface area contributed by atoms with Gasteiger partial charge in [0.15, 0.2) is 5.78 Å². The van der Waals surface area contributed by atoms with Crippen molar-refractivity contribution < 1.29 is 9.59 Å². The van der Waals surface area contributed by atoms with Gasteiger partial charge in [0, 0.05) is 18.4 Å². The van der Waals surface area contributed by atoms with E-state index in [-0.39, 0.29) is 18.0 Å². The minimum atomic E-state index is -0.617. The molecule has 0 spiro atoms. The molecule has 1 fully saturated rings. The summed E-state index contributed by atoms with van der Waals surface area (Å²) in [6.45, 7) is 0. The minimum Gasteiger partial charge on any atom is -0.299 e. The normalized spacial score (nSPS) is 21.4. The number of rotatable bonds is 4.